The van der Waals surface area contributed by atoms with Gasteiger partial charge in [-0.15, -0.1) is 11.8 Å². The Balaban J connectivity index is 2.39. The molecule has 0 amide bonds. The Bertz CT molecular complexity index is 620. The lowest BCUT2D eigenvalue weighted by molar-refractivity contribution is -0.138. The predicted octanol–water partition coefficient (Wildman–Crippen LogP) is 0.355. The molecule has 0 spiro atoms. The van der Waals surface area contributed by atoms with Gasteiger partial charge in [0.1, 0.15) is 11.8 Å². The lowest BCUT2D eigenvalue weighted by atomic mass is 10.1. The molecule has 1 aliphatic rings. The fraction of sp³-hybridized carbons (Fsp3) is 0.400. The van der Waals surface area contributed by atoms with Gasteiger partial charge in [-0.1, -0.05) is 0 Å². The maximum absolute atomic E-state index is 11.0. The quantitative estimate of drug-likeness (QED) is 0.488. The molecule has 1 saturated heterocycles. The van der Waals surface area contributed by atoms with Gasteiger partial charge in [0.05, 0.1) is 22.8 Å². The van der Waals surface area contributed by atoms with Crippen LogP contribution in [-0.2, 0) is 9.36 Å². The topological polar surface area (TPSA) is 149 Å². The second kappa shape index (κ2) is 5.82. The number of carbonyl (C=O) groups is 1. The van der Waals surface area contributed by atoms with Crippen LogP contribution in [0.15, 0.2) is 6.20 Å². The zero-order valence-electron chi connectivity index (χ0n) is 10.8. The van der Waals surface area contributed by atoms with Crippen molar-refractivity contribution in [1.29, 1.82) is 0 Å². The number of phosphoric ester groups is 1. The molecule has 0 aliphatic carbocycles. The molecular weight excluding hydrogens is 323 g/mol. The van der Waals surface area contributed by atoms with E-state index in [4.69, 9.17) is 14.9 Å². The van der Waals surface area contributed by atoms with Crippen LogP contribution in [0.25, 0.3) is 0 Å². The van der Waals surface area contributed by atoms with Crippen LogP contribution < -0.4 is 9.84 Å². The van der Waals surface area contributed by atoms with E-state index in [2.05, 4.69) is 14.8 Å². The maximum Gasteiger partial charge on any atom is 0.524 e. The number of phosphoric acid groups is 1. The summed E-state index contributed by atoms with van der Waals surface area (Å²) in [4.78, 5) is 32.5. The average molecular weight is 336 g/mol. The van der Waals surface area contributed by atoms with Crippen molar-refractivity contribution < 1.29 is 33.9 Å². The molecule has 1 fully saturated rings. The van der Waals surface area contributed by atoms with E-state index in [1.807, 2.05) is 0 Å². The SMILES string of the molecule is Cc1ncc(OP(=O)(O)O)c(C2NC(C(=O)O)CS2)c1O. The summed E-state index contributed by atoms with van der Waals surface area (Å²) in [6.45, 7) is 1.51. The van der Waals surface area contributed by atoms with Crippen LogP contribution >= 0.6 is 19.6 Å². The molecule has 0 bridgehead atoms. The maximum atomic E-state index is 11.0. The number of carboxylic acid groups (broad SMARTS) is 1. The van der Waals surface area contributed by atoms with Crippen LogP contribution in [0.4, 0.5) is 0 Å². The number of aryl methyl sites for hydroxylation is 1. The highest BCUT2D eigenvalue weighted by atomic mass is 32.2. The number of carboxylic acids is 1. The molecule has 0 radical (unpaired) electrons. The highest BCUT2D eigenvalue weighted by molar-refractivity contribution is 7.99. The second-order valence-corrected chi connectivity index (χ2v) is 6.62. The first-order chi connectivity index (χ1) is 9.69. The first-order valence-corrected chi connectivity index (χ1v) is 8.31. The van der Waals surface area contributed by atoms with Crippen molar-refractivity contribution >= 4 is 25.6 Å². The lowest BCUT2D eigenvalue weighted by Crippen LogP contribution is -2.33. The van der Waals surface area contributed by atoms with Gasteiger partial charge in [-0.25, -0.2) is 4.57 Å². The van der Waals surface area contributed by atoms with Crippen LogP contribution in [0.1, 0.15) is 16.6 Å². The number of aromatic hydroxyl groups is 1. The van der Waals surface area contributed by atoms with E-state index in [1.54, 1.807) is 0 Å². The summed E-state index contributed by atoms with van der Waals surface area (Å²) in [5, 5.41) is 21.1. The molecule has 2 heterocycles. The molecule has 2 unspecified atom stereocenters. The summed E-state index contributed by atoms with van der Waals surface area (Å²) in [7, 11) is -4.83. The van der Waals surface area contributed by atoms with E-state index in [1.165, 1.54) is 18.7 Å². The van der Waals surface area contributed by atoms with Gasteiger partial charge in [0.25, 0.3) is 0 Å². The van der Waals surface area contributed by atoms with Gasteiger partial charge in [-0.2, -0.15) is 0 Å². The van der Waals surface area contributed by atoms with Crippen LogP contribution in [0, 0.1) is 6.92 Å². The number of aliphatic carboxylic acids is 1. The lowest BCUT2D eigenvalue weighted by Gasteiger charge is -2.18. The van der Waals surface area contributed by atoms with Gasteiger partial charge >= 0.3 is 13.8 Å². The van der Waals surface area contributed by atoms with Crippen LogP contribution in [0.3, 0.4) is 0 Å². The molecule has 11 heteroatoms. The van der Waals surface area contributed by atoms with E-state index < -0.39 is 25.2 Å². The number of hydrogen-bond acceptors (Lipinski definition) is 7. The van der Waals surface area contributed by atoms with Crippen molar-refractivity contribution in [3.05, 3.63) is 17.5 Å². The smallest absolute Gasteiger partial charge is 0.506 e. The summed E-state index contributed by atoms with van der Waals surface area (Å²) in [6.07, 6.45) is 1.08. The van der Waals surface area contributed by atoms with E-state index in [0.717, 1.165) is 6.20 Å². The van der Waals surface area contributed by atoms with Gasteiger partial charge < -0.3 is 14.7 Å². The van der Waals surface area contributed by atoms with Gasteiger partial charge in [-0.3, -0.25) is 24.9 Å². The van der Waals surface area contributed by atoms with Gasteiger partial charge in [0, 0.05) is 5.75 Å². The summed E-state index contributed by atoms with van der Waals surface area (Å²) in [6, 6.07) is -0.823. The molecule has 2 rings (SSSR count). The molecule has 1 aromatic rings. The third kappa shape index (κ3) is 3.66. The molecule has 1 aromatic heterocycles. The fourth-order valence-electron chi connectivity index (χ4n) is 1.83. The van der Waals surface area contributed by atoms with Crippen LogP contribution in [0.5, 0.6) is 11.5 Å². The molecule has 1 aliphatic heterocycles. The number of aromatic nitrogens is 1. The van der Waals surface area contributed by atoms with Crippen molar-refractivity contribution in [1.82, 2.24) is 10.3 Å². The minimum atomic E-state index is -4.83. The molecule has 21 heavy (non-hydrogen) atoms. The summed E-state index contributed by atoms with van der Waals surface area (Å²) in [5.74, 6) is -1.39. The molecule has 0 saturated carbocycles. The minimum absolute atomic E-state index is 0.0691. The Morgan fingerprint density at radius 3 is 2.76 bits per heavy atom. The van der Waals surface area contributed by atoms with Crippen LogP contribution in [-0.4, -0.2) is 42.7 Å². The molecule has 9 nitrogen and oxygen atoms in total. The van der Waals surface area contributed by atoms with E-state index in [9.17, 15) is 14.5 Å². The third-order valence-corrected chi connectivity index (χ3v) is 4.46. The number of thioether (sulfide) groups is 1. The van der Waals surface area contributed by atoms with E-state index >= 15 is 0 Å². The van der Waals surface area contributed by atoms with Gasteiger partial charge in [0.15, 0.2) is 5.75 Å². The molecular formula is C10H13N2O7PS. The molecule has 0 aromatic carbocycles. The third-order valence-electron chi connectivity index (χ3n) is 2.80. The van der Waals surface area contributed by atoms with Gasteiger partial charge in [-0.05, 0) is 6.92 Å². The summed E-state index contributed by atoms with van der Waals surface area (Å²) in [5.41, 5.74) is 0.309. The van der Waals surface area contributed by atoms with Crippen molar-refractivity contribution in [3.8, 4) is 11.5 Å². The second-order valence-electron chi connectivity index (χ2n) is 4.32. The summed E-state index contributed by atoms with van der Waals surface area (Å²) < 4.78 is 15.5. The minimum Gasteiger partial charge on any atom is -0.506 e. The first-order valence-electron chi connectivity index (χ1n) is 5.73. The number of rotatable bonds is 4. The fourth-order valence-corrected chi connectivity index (χ4v) is 3.51. The number of pyridine rings is 1. The predicted molar refractivity (Wildman–Crippen MR) is 73.1 cm³/mol. The molecule has 5 N–H and O–H groups in total. The average Bonchev–Trinajstić information content (AvgIpc) is 2.82. The monoisotopic (exact) mass is 336 g/mol. The van der Waals surface area contributed by atoms with E-state index in [-0.39, 0.29) is 28.5 Å². The number of hydrogen-bond donors (Lipinski definition) is 5. The van der Waals surface area contributed by atoms with Crippen molar-refractivity contribution in [2.24, 2.45) is 0 Å². The summed E-state index contributed by atoms with van der Waals surface area (Å²) >= 11 is 1.18. The molecule has 2 atom stereocenters. The zero-order chi connectivity index (χ0) is 15.8. The Morgan fingerprint density at radius 1 is 1.57 bits per heavy atom. The Hall–Kier alpha value is -1.32. The largest absolute Gasteiger partial charge is 0.524 e. The van der Waals surface area contributed by atoms with E-state index in [0.29, 0.717) is 0 Å². The highest BCUT2D eigenvalue weighted by Crippen LogP contribution is 2.47. The van der Waals surface area contributed by atoms with Crippen molar-refractivity contribution in [2.75, 3.05) is 5.75 Å². The van der Waals surface area contributed by atoms with Crippen LogP contribution in [0.2, 0.25) is 0 Å². The Labute approximate surface area is 123 Å². The highest BCUT2D eigenvalue weighted by Gasteiger charge is 2.35. The number of nitrogens with one attached hydrogen (secondary N) is 1. The Kier molecular flexibility index (Phi) is 4.45. The van der Waals surface area contributed by atoms with Gasteiger partial charge in [0.2, 0.25) is 0 Å². The first kappa shape index (κ1) is 16.1. The van der Waals surface area contributed by atoms with Crippen molar-refractivity contribution in [2.45, 2.75) is 18.3 Å². The standard InChI is InChI=1S/C10H13N2O7PS/c1-4-8(13)7(6(2-11-4)19-20(16,17)18)9-12-5(3-21-9)10(14)15/h2,5,9,12-13H,3H2,1H3,(H,14,15)(H2,16,17,18). The van der Waals surface area contributed by atoms with Crippen molar-refractivity contribution in [3.63, 3.8) is 0 Å². The Morgan fingerprint density at radius 2 is 2.24 bits per heavy atom. The number of nitrogens with zero attached hydrogens (tertiary/aromatic N) is 1. The zero-order valence-corrected chi connectivity index (χ0v) is 12.5. The molecule has 116 valence electrons. The normalized spacial score (nSPS) is 22.2.